The van der Waals surface area contributed by atoms with Crippen molar-refractivity contribution in [2.24, 2.45) is 0 Å². The fraction of sp³-hybridized carbons (Fsp3) is 0.294. The van der Waals surface area contributed by atoms with E-state index in [1.54, 1.807) is 0 Å². The van der Waals surface area contributed by atoms with Crippen LogP contribution in [0.5, 0.6) is 0 Å². The zero-order valence-corrected chi connectivity index (χ0v) is 24.4. The van der Waals surface area contributed by atoms with Crippen molar-refractivity contribution in [2.45, 2.75) is 56.4 Å². The minimum atomic E-state index is -4.38. The zero-order valence-electron chi connectivity index (χ0n) is 23.6. The van der Waals surface area contributed by atoms with E-state index in [1.807, 2.05) is 121 Å². The molecule has 1 saturated carbocycles. The third kappa shape index (κ3) is 7.05. The Bertz CT molecular complexity index is 1540. The van der Waals surface area contributed by atoms with Gasteiger partial charge in [-0.25, -0.2) is 8.37 Å². The van der Waals surface area contributed by atoms with Crippen molar-refractivity contribution >= 4 is 10.4 Å². The molecule has 0 amide bonds. The Morgan fingerprint density at radius 1 is 0.558 bits per heavy atom. The highest BCUT2D eigenvalue weighted by Gasteiger charge is 2.71. The highest BCUT2D eigenvalue weighted by atomic mass is 32.3. The molecule has 6 rings (SSSR count). The molecule has 0 radical (unpaired) electrons. The van der Waals surface area contributed by atoms with E-state index < -0.39 is 40.4 Å². The first-order chi connectivity index (χ1) is 21.0. The molecule has 1 aliphatic carbocycles. The molecule has 0 aromatic heterocycles. The van der Waals surface area contributed by atoms with Gasteiger partial charge in [-0.3, -0.25) is 0 Å². The molecular formula is C34H34O8S. The van der Waals surface area contributed by atoms with Crippen LogP contribution in [0.4, 0.5) is 0 Å². The van der Waals surface area contributed by atoms with E-state index >= 15 is 0 Å². The summed E-state index contributed by atoms with van der Waals surface area (Å²) >= 11 is 0. The van der Waals surface area contributed by atoms with Gasteiger partial charge in [0.2, 0.25) is 0 Å². The van der Waals surface area contributed by atoms with Crippen molar-refractivity contribution in [1.82, 2.24) is 0 Å². The highest BCUT2D eigenvalue weighted by molar-refractivity contribution is 7.82. The normalized spacial score (nSPS) is 25.9. The van der Waals surface area contributed by atoms with Crippen LogP contribution >= 0.6 is 0 Å². The summed E-state index contributed by atoms with van der Waals surface area (Å²) in [7, 11) is -4.38. The van der Waals surface area contributed by atoms with Crippen LogP contribution in [-0.4, -0.2) is 45.0 Å². The first kappa shape index (κ1) is 29.7. The van der Waals surface area contributed by atoms with Crippen LogP contribution in [0, 0.1) is 0 Å². The summed E-state index contributed by atoms with van der Waals surface area (Å²) < 4.78 is 63.0. The molecule has 0 N–H and O–H groups in total. The van der Waals surface area contributed by atoms with Crippen molar-refractivity contribution in [1.29, 1.82) is 0 Å². The van der Waals surface area contributed by atoms with Crippen molar-refractivity contribution < 1.29 is 35.7 Å². The lowest BCUT2D eigenvalue weighted by Crippen LogP contribution is -2.52. The average molecular weight is 603 g/mol. The molecule has 0 bridgehead atoms. The third-order valence-electron chi connectivity index (χ3n) is 7.64. The number of rotatable bonds is 13. The van der Waals surface area contributed by atoms with Crippen molar-refractivity contribution in [2.75, 3.05) is 6.61 Å². The summed E-state index contributed by atoms with van der Waals surface area (Å²) in [6, 6.07) is 38.7. The summed E-state index contributed by atoms with van der Waals surface area (Å²) in [5.41, 5.74) is 2.17. The van der Waals surface area contributed by atoms with Crippen molar-refractivity contribution in [3.8, 4) is 0 Å². The highest BCUT2D eigenvalue weighted by Crippen LogP contribution is 2.48. The predicted octanol–water partition coefficient (Wildman–Crippen LogP) is 5.37. The molecule has 4 aromatic rings. The Labute approximate surface area is 252 Å². The van der Waals surface area contributed by atoms with Gasteiger partial charge in [0.1, 0.15) is 24.4 Å². The Morgan fingerprint density at radius 3 is 1.47 bits per heavy atom. The van der Waals surface area contributed by atoms with Crippen LogP contribution in [0.25, 0.3) is 0 Å². The van der Waals surface area contributed by atoms with E-state index in [9.17, 15) is 8.42 Å². The summed E-state index contributed by atoms with van der Waals surface area (Å²) in [5, 5.41) is 0. The van der Waals surface area contributed by atoms with E-state index in [0.717, 1.165) is 22.3 Å². The number of ether oxygens (including phenoxy) is 4. The minimum Gasteiger partial charge on any atom is -0.373 e. The van der Waals surface area contributed by atoms with Gasteiger partial charge >= 0.3 is 10.4 Å². The minimum absolute atomic E-state index is 0.123. The van der Waals surface area contributed by atoms with Crippen LogP contribution in [0.3, 0.4) is 0 Å². The monoisotopic (exact) mass is 602 g/mol. The first-order valence-electron chi connectivity index (χ1n) is 14.2. The van der Waals surface area contributed by atoms with Crippen molar-refractivity contribution in [3.63, 3.8) is 0 Å². The third-order valence-corrected chi connectivity index (χ3v) is 8.60. The SMILES string of the molecule is O=S1(=O)O[C@@H]2[C@H](OCc3ccccc3)[C@@H](OCc3ccccc3)[C@H](OCc3ccccc3)[C@]2(COCc2ccccc2)O1. The average Bonchev–Trinajstić information content (AvgIpc) is 3.43. The molecule has 0 spiro atoms. The van der Waals surface area contributed by atoms with Crippen LogP contribution in [-0.2, 0) is 64.1 Å². The van der Waals surface area contributed by atoms with Gasteiger partial charge in [-0.05, 0) is 22.3 Å². The van der Waals surface area contributed by atoms with E-state index in [0.29, 0.717) is 0 Å². The second-order valence-corrected chi connectivity index (χ2v) is 11.9. The molecule has 0 unspecified atom stereocenters. The molecule has 2 aliphatic rings. The van der Waals surface area contributed by atoms with Gasteiger partial charge in [-0.15, -0.1) is 0 Å². The molecule has 8 nitrogen and oxygen atoms in total. The number of fused-ring (bicyclic) bond motifs is 1. The van der Waals surface area contributed by atoms with Gasteiger partial charge in [0.05, 0.1) is 33.0 Å². The Morgan fingerprint density at radius 2 is 0.977 bits per heavy atom. The van der Waals surface area contributed by atoms with Crippen molar-refractivity contribution in [3.05, 3.63) is 144 Å². The van der Waals surface area contributed by atoms with E-state index in [-0.39, 0.29) is 33.0 Å². The fourth-order valence-electron chi connectivity index (χ4n) is 5.62. The number of hydrogen-bond acceptors (Lipinski definition) is 8. The second kappa shape index (κ2) is 13.5. The topological polar surface area (TPSA) is 89.5 Å². The van der Waals surface area contributed by atoms with Gasteiger partial charge in [0.15, 0.2) is 5.60 Å². The molecular weight excluding hydrogens is 568 g/mol. The van der Waals surface area contributed by atoms with E-state index in [1.165, 1.54) is 0 Å². The van der Waals surface area contributed by atoms with E-state index in [2.05, 4.69) is 0 Å². The summed E-state index contributed by atoms with van der Waals surface area (Å²) in [4.78, 5) is 0. The molecule has 9 heteroatoms. The van der Waals surface area contributed by atoms with Crippen LogP contribution in [0.2, 0.25) is 0 Å². The van der Waals surface area contributed by atoms with Gasteiger partial charge in [0, 0.05) is 0 Å². The second-order valence-electron chi connectivity index (χ2n) is 10.7. The lowest BCUT2D eigenvalue weighted by atomic mass is 9.98. The molecule has 5 atom stereocenters. The van der Waals surface area contributed by atoms with Crippen LogP contribution in [0.1, 0.15) is 22.3 Å². The van der Waals surface area contributed by atoms with Crippen LogP contribution in [0.15, 0.2) is 121 Å². The van der Waals surface area contributed by atoms with Gasteiger partial charge in [-0.2, -0.15) is 8.42 Å². The standard InChI is InChI=1S/C34H34O8S/c35-43(36)41-33-31(39-23-28-17-9-3-10-18-28)30(38-22-27-15-7-2-8-16-27)32(40-24-29-19-11-4-12-20-29)34(33,42-43)25-37-21-26-13-5-1-6-14-26/h1-20,30-33H,21-25H2/t30-,31-,32+,33-,34+/m1/s1. The molecule has 224 valence electrons. The Balaban J connectivity index is 1.34. The summed E-state index contributed by atoms with van der Waals surface area (Å²) in [5.74, 6) is 0. The zero-order chi connectivity index (χ0) is 29.5. The quantitative estimate of drug-likeness (QED) is 0.202. The number of hydrogen-bond donors (Lipinski definition) is 0. The van der Waals surface area contributed by atoms with Gasteiger partial charge in [0.25, 0.3) is 0 Å². The molecule has 1 saturated heterocycles. The Kier molecular flexibility index (Phi) is 9.30. The maximum absolute atomic E-state index is 13.0. The van der Waals surface area contributed by atoms with Gasteiger partial charge in [-0.1, -0.05) is 121 Å². The van der Waals surface area contributed by atoms with E-state index in [4.69, 9.17) is 27.3 Å². The molecule has 4 aromatic carbocycles. The molecule has 1 heterocycles. The fourth-order valence-corrected chi connectivity index (χ4v) is 6.80. The molecule has 1 aliphatic heterocycles. The summed E-state index contributed by atoms with van der Waals surface area (Å²) in [6.07, 6.45) is -3.57. The lowest BCUT2D eigenvalue weighted by molar-refractivity contribution is -0.161. The largest absolute Gasteiger partial charge is 0.401 e. The first-order valence-corrected chi connectivity index (χ1v) is 15.6. The smallest absolute Gasteiger partial charge is 0.373 e. The predicted molar refractivity (Wildman–Crippen MR) is 159 cm³/mol. The van der Waals surface area contributed by atoms with Crippen LogP contribution < -0.4 is 0 Å². The maximum Gasteiger partial charge on any atom is 0.401 e. The molecule has 43 heavy (non-hydrogen) atoms. The van der Waals surface area contributed by atoms with Gasteiger partial charge < -0.3 is 18.9 Å². The number of benzene rings is 4. The molecule has 2 fully saturated rings. The summed E-state index contributed by atoms with van der Waals surface area (Å²) in [6.45, 7) is 0.779. The maximum atomic E-state index is 13.0. The Hall–Kier alpha value is -3.41. The lowest BCUT2D eigenvalue weighted by Gasteiger charge is -2.32.